The molecule has 2 aliphatic rings. The minimum atomic E-state index is -0.590. The molecule has 26 heavy (non-hydrogen) atoms. The minimum Gasteiger partial charge on any atom is -0.460 e. The van der Waals surface area contributed by atoms with Crippen LogP contribution in [-0.2, 0) is 9.53 Å². The third-order valence-electron chi connectivity index (χ3n) is 5.11. The number of rotatable bonds is 5. The van der Waals surface area contributed by atoms with Crippen LogP contribution in [0.2, 0.25) is 0 Å². The highest BCUT2D eigenvalue weighted by atomic mass is 16.6. The van der Waals surface area contributed by atoms with Crippen LogP contribution in [0.4, 0.5) is 0 Å². The molecule has 0 saturated heterocycles. The highest BCUT2D eigenvalue weighted by Gasteiger charge is 2.39. The van der Waals surface area contributed by atoms with Crippen molar-refractivity contribution in [1.29, 1.82) is 0 Å². The smallest absolute Gasteiger partial charge is 0.311 e. The van der Waals surface area contributed by atoms with Crippen molar-refractivity contribution in [3.63, 3.8) is 0 Å². The molecule has 0 N–H and O–H groups in total. The van der Waals surface area contributed by atoms with Gasteiger partial charge in [0.25, 0.3) is 11.8 Å². The second kappa shape index (κ2) is 7.22. The van der Waals surface area contributed by atoms with Crippen LogP contribution in [0.5, 0.6) is 0 Å². The summed E-state index contributed by atoms with van der Waals surface area (Å²) < 4.78 is 5.58. The summed E-state index contributed by atoms with van der Waals surface area (Å²) in [5.41, 5.74) is 0.245. The van der Waals surface area contributed by atoms with E-state index in [1.54, 1.807) is 24.3 Å². The molecular formula is C21H27NO4. The van der Waals surface area contributed by atoms with Crippen molar-refractivity contribution in [3.8, 4) is 0 Å². The third kappa shape index (κ3) is 3.97. The molecule has 1 aromatic rings. The summed E-state index contributed by atoms with van der Waals surface area (Å²) in [6.45, 7) is 5.59. The predicted octanol–water partition coefficient (Wildman–Crippen LogP) is 3.82. The molecule has 5 nitrogen and oxygen atoms in total. The van der Waals surface area contributed by atoms with Crippen molar-refractivity contribution in [3.05, 3.63) is 35.4 Å². The van der Waals surface area contributed by atoms with Crippen molar-refractivity contribution < 1.29 is 19.1 Å². The molecule has 1 fully saturated rings. The molecule has 5 heteroatoms. The number of carbonyl (C=O) groups excluding carboxylic acids is 3. The van der Waals surface area contributed by atoms with Gasteiger partial charge >= 0.3 is 5.97 Å². The lowest BCUT2D eigenvalue weighted by Gasteiger charge is -2.27. The standard InChI is InChI=1S/C21H27NO4/c1-21(2,3)26-20(25)15(12-14-8-4-5-9-14)13-22-18(23)16-10-6-7-11-17(16)19(22)24/h6-7,10-11,14-15H,4-5,8-9,12-13H2,1-3H3. The molecule has 1 unspecified atom stereocenters. The summed E-state index contributed by atoms with van der Waals surface area (Å²) in [6, 6.07) is 6.82. The maximum Gasteiger partial charge on any atom is 0.311 e. The summed E-state index contributed by atoms with van der Waals surface area (Å²) in [5, 5.41) is 0. The molecule has 1 aliphatic carbocycles. The fraction of sp³-hybridized carbons (Fsp3) is 0.571. The van der Waals surface area contributed by atoms with Gasteiger partial charge in [-0.2, -0.15) is 0 Å². The second-order valence-electron chi connectivity index (χ2n) is 8.38. The van der Waals surface area contributed by atoms with Crippen LogP contribution in [0.15, 0.2) is 24.3 Å². The number of nitrogens with zero attached hydrogens (tertiary/aromatic N) is 1. The van der Waals surface area contributed by atoms with Gasteiger partial charge in [-0.05, 0) is 45.2 Å². The first-order valence-corrected chi connectivity index (χ1v) is 9.44. The Balaban J connectivity index is 1.78. The highest BCUT2D eigenvalue weighted by Crippen LogP contribution is 2.33. The summed E-state index contributed by atoms with van der Waals surface area (Å²) in [5.74, 6) is -0.959. The Hall–Kier alpha value is -2.17. The molecule has 1 heterocycles. The van der Waals surface area contributed by atoms with Crippen LogP contribution in [0.3, 0.4) is 0 Å². The van der Waals surface area contributed by atoms with E-state index in [4.69, 9.17) is 4.74 Å². The first-order chi connectivity index (χ1) is 12.3. The van der Waals surface area contributed by atoms with E-state index in [0.29, 0.717) is 23.5 Å². The van der Waals surface area contributed by atoms with Crippen LogP contribution in [0, 0.1) is 11.8 Å². The minimum absolute atomic E-state index is 0.0950. The maximum absolute atomic E-state index is 12.7. The van der Waals surface area contributed by atoms with Crippen LogP contribution in [0.1, 0.15) is 73.6 Å². The average molecular weight is 357 g/mol. The van der Waals surface area contributed by atoms with Gasteiger partial charge in [-0.15, -0.1) is 0 Å². The number of hydrogen-bond acceptors (Lipinski definition) is 4. The first kappa shape index (κ1) is 18.6. The number of benzene rings is 1. The average Bonchev–Trinajstić information content (AvgIpc) is 3.16. The SMILES string of the molecule is CC(C)(C)OC(=O)C(CC1CCCC1)CN1C(=O)c2ccccc2C1=O. The molecule has 0 bridgehead atoms. The van der Waals surface area contributed by atoms with Gasteiger partial charge in [-0.25, -0.2) is 0 Å². The van der Waals surface area contributed by atoms with Gasteiger partial charge in [0.05, 0.1) is 17.0 Å². The lowest BCUT2D eigenvalue weighted by atomic mass is 9.92. The van der Waals surface area contributed by atoms with E-state index in [9.17, 15) is 14.4 Å². The van der Waals surface area contributed by atoms with E-state index < -0.39 is 11.5 Å². The van der Waals surface area contributed by atoms with Crippen molar-refractivity contribution in [2.24, 2.45) is 11.8 Å². The molecular weight excluding hydrogens is 330 g/mol. The third-order valence-corrected chi connectivity index (χ3v) is 5.11. The van der Waals surface area contributed by atoms with Crippen molar-refractivity contribution in [2.75, 3.05) is 6.54 Å². The number of imide groups is 1. The molecule has 3 rings (SSSR count). The number of amides is 2. The van der Waals surface area contributed by atoms with Crippen LogP contribution in [0.25, 0.3) is 0 Å². The Labute approximate surface area is 154 Å². The normalized spacial score (nSPS) is 19.0. The fourth-order valence-corrected chi connectivity index (χ4v) is 3.90. The quantitative estimate of drug-likeness (QED) is 0.594. The van der Waals surface area contributed by atoms with E-state index in [1.807, 2.05) is 20.8 Å². The first-order valence-electron chi connectivity index (χ1n) is 9.44. The Kier molecular flexibility index (Phi) is 5.17. The van der Waals surface area contributed by atoms with E-state index in [0.717, 1.165) is 12.8 Å². The Bertz CT molecular complexity index is 678. The number of esters is 1. The number of hydrogen-bond donors (Lipinski definition) is 0. The summed E-state index contributed by atoms with van der Waals surface area (Å²) in [7, 11) is 0. The van der Waals surface area contributed by atoms with Gasteiger partial charge in [0.2, 0.25) is 0 Å². The summed E-state index contributed by atoms with van der Waals surface area (Å²) >= 11 is 0. The zero-order valence-electron chi connectivity index (χ0n) is 15.8. The Morgan fingerprint density at radius 2 is 1.65 bits per heavy atom. The number of ether oxygens (including phenoxy) is 1. The molecule has 0 aromatic heterocycles. The van der Waals surface area contributed by atoms with Crippen LogP contribution < -0.4 is 0 Å². The second-order valence-corrected chi connectivity index (χ2v) is 8.38. The lowest BCUT2D eigenvalue weighted by Crippen LogP contribution is -2.40. The molecule has 140 valence electrons. The Morgan fingerprint density at radius 3 is 2.15 bits per heavy atom. The van der Waals surface area contributed by atoms with Gasteiger partial charge in [0, 0.05) is 6.54 Å². The lowest BCUT2D eigenvalue weighted by molar-refractivity contribution is -0.160. The topological polar surface area (TPSA) is 63.7 Å². The van der Waals surface area contributed by atoms with E-state index in [2.05, 4.69) is 0 Å². The molecule has 0 radical (unpaired) electrons. The van der Waals surface area contributed by atoms with Crippen molar-refractivity contribution in [2.45, 2.75) is 58.5 Å². The predicted molar refractivity (Wildman–Crippen MR) is 97.7 cm³/mol. The van der Waals surface area contributed by atoms with Crippen molar-refractivity contribution >= 4 is 17.8 Å². The van der Waals surface area contributed by atoms with Gasteiger partial charge in [-0.3, -0.25) is 19.3 Å². The monoisotopic (exact) mass is 357 g/mol. The highest BCUT2D eigenvalue weighted by molar-refractivity contribution is 6.21. The number of carbonyl (C=O) groups is 3. The molecule has 1 aromatic carbocycles. The number of fused-ring (bicyclic) bond motifs is 1. The van der Waals surface area contributed by atoms with Gasteiger partial charge in [0.15, 0.2) is 0 Å². The molecule has 1 atom stereocenters. The van der Waals surface area contributed by atoms with E-state index in [1.165, 1.54) is 17.7 Å². The summed E-state index contributed by atoms with van der Waals surface area (Å²) in [6.07, 6.45) is 5.22. The van der Waals surface area contributed by atoms with E-state index >= 15 is 0 Å². The maximum atomic E-state index is 12.7. The molecule has 1 saturated carbocycles. The van der Waals surface area contributed by atoms with Crippen LogP contribution >= 0.6 is 0 Å². The Morgan fingerprint density at radius 1 is 1.12 bits per heavy atom. The molecule has 1 aliphatic heterocycles. The van der Waals surface area contributed by atoms with E-state index in [-0.39, 0.29) is 24.3 Å². The largest absolute Gasteiger partial charge is 0.460 e. The zero-order chi connectivity index (χ0) is 18.9. The molecule has 0 spiro atoms. The van der Waals surface area contributed by atoms with Gasteiger partial charge in [0.1, 0.15) is 5.60 Å². The van der Waals surface area contributed by atoms with Gasteiger partial charge < -0.3 is 4.74 Å². The van der Waals surface area contributed by atoms with Gasteiger partial charge in [-0.1, -0.05) is 37.8 Å². The molecule has 2 amide bonds. The zero-order valence-corrected chi connectivity index (χ0v) is 15.8. The fourth-order valence-electron chi connectivity index (χ4n) is 3.90. The van der Waals surface area contributed by atoms with Crippen molar-refractivity contribution in [1.82, 2.24) is 4.90 Å². The van der Waals surface area contributed by atoms with Crippen LogP contribution in [-0.4, -0.2) is 34.8 Å². The summed E-state index contributed by atoms with van der Waals surface area (Å²) in [4.78, 5) is 39.2.